The van der Waals surface area contributed by atoms with E-state index in [1.54, 1.807) is 20.8 Å². The molecule has 0 spiro atoms. The fourth-order valence-corrected chi connectivity index (χ4v) is 4.97. The second-order valence-corrected chi connectivity index (χ2v) is 11.4. The van der Waals surface area contributed by atoms with Gasteiger partial charge in [0.05, 0.1) is 28.9 Å². The quantitative estimate of drug-likeness (QED) is 0.246. The SMILES string of the molecule is CC(C)(C)O.Cc1ccc(-c2c(CC(=O)O)c(C)c3c4c2cc(C=O)n4CCN3C)cc1.NCCOc1ccccc1. The summed E-state index contributed by atoms with van der Waals surface area (Å²) in [6.45, 7) is 11.9. The zero-order chi connectivity index (χ0) is 31.0. The Labute approximate surface area is 248 Å². The van der Waals surface area contributed by atoms with Crippen molar-refractivity contribution in [1.82, 2.24) is 4.57 Å². The minimum absolute atomic E-state index is 0.0482. The van der Waals surface area contributed by atoms with Gasteiger partial charge in [0.2, 0.25) is 0 Å². The van der Waals surface area contributed by atoms with Crippen molar-refractivity contribution in [3.05, 3.63) is 83.0 Å². The highest BCUT2D eigenvalue weighted by Gasteiger charge is 2.28. The van der Waals surface area contributed by atoms with Gasteiger partial charge in [-0.1, -0.05) is 48.0 Å². The monoisotopic (exact) mass is 573 g/mol. The first-order valence-corrected chi connectivity index (χ1v) is 14.1. The molecule has 0 saturated carbocycles. The first-order valence-electron chi connectivity index (χ1n) is 14.1. The van der Waals surface area contributed by atoms with E-state index in [0.717, 1.165) is 69.5 Å². The van der Waals surface area contributed by atoms with E-state index in [0.29, 0.717) is 18.8 Å². The number of hydrogen-bond donors (Lipinski definition) is 3. The molecule has 0 bridgehead atoms. The maximum atomic E-state index is 11.7. The number of aldehydes is 1. The van der Waals surface area contributed by atoms with Gasteiger partial charge >= 0.3 is 5.97 Å². The average Bonchev–Trinajstić information content (AvgIpc) is 3.30. The van der Waals surface area contributed by atoms with Crippen LogP contribution in [0.25, 0.3) is 22.0 Å². The van der Waals surface area contributed by atoms with Crippen molar-refractivity contribution in [2.45, 2.75) is 53.2 Å². The number of ether oxygens (including phenoxy) is 1. The molecule has 4 N–H and O–H groups in total. The molecule has 1 aromatic heterocycles. The van der Waals surface area contributed by atoms with Crippen LogP contribution in [0.1, 0.15) is 48.0 Å². The number of aryl methyl sites for hydroxylation is 1. The normalized spacial score (nSPS) is 12.1. The molecule has 0 atom stereocenters. The van der Waals surface area contributed by atoms with Crippen molar-refractivity contribution in [3.63, 3.8) is 0 Å². The number of aromatic nitrogens is 1. The lowest BCUT2D eigenvalue weighted by Gasteiger charge is -2.31. The van der Waals surface area contributed by atoms with E-state index in [-0.39, 0.29) is 6.42 Å². The van der Waals surface area contributed by atoms with Crippen LogP contribution in [0.15, 0.2) is 60.7 Å². The van der Waals surface area contributed by atoms with Crippen molar-refractivity contribution in [1.29, 1.82) is 0 Å². The zero-order valence-electron chi connectivity index (χ0n) is 25.5. The van der Waals surface area contributed by atoms with E-state index in [4.69, 9.17) is 15.6 Å². The Bertz CT molecular complexity index is 1500. The molecule has 0 radical (unpaired) electrons. The molecule has 0 unspecified atom stereocenters. The number of para-hydroxylation sites is 1. The molecule has 5 rings (SSSR count). The minimum atomic E-state index is -0.855. The van der Waals surface area contributed by atoms with Crippen LogP contribution in [0, 0.1) is 13.8 Å². The van der Waals surface area contributed by atoms with Gasteiger partial charge in [-0.2, -0.15) is 0 Å². The number of aliphatic carboxylic acids is 1. The van der Waals surface area contributed by atoms with Crippen LogP contribution in [0.4, 0.5) is 5.69 Å². The lowest BCUT2D eigenvalue weighted by atomic mass is 9.88. The number of carboxylic acid groups (broad SMARTS) is 1. The van der Waals surface area contributed by atoms with Crippen molar-refractivity contribution >= 4 is 28.8 Å². The van der Waals surface area contributed by atoms with Gasteiger partial charge < -0.3 is 30.2 Å². The van der Waals surface area contributed by atoms with E-state index < -0.39 is 11.6 Å². The number of carboxylic acids is 1. The molecular formula is C34H43N3O5. The smallest absolute Gasteiger partial charge is 0.307 e. The summed E-state index contributed by atoms with van der Waals surface area (Å²) < 4.78 is 7.29. The molecule has 42 heavy (non-hydrogen) atoms. The van der Waals surface area contributed by atoms with Gasteiger partial charge in [-0.05, 0) is 75.1 Å². The maximum Gasteiger partial charge on any atom is 0.307 e. The van der Waals surface area contributed by atoms with E-state index >= 15 is 0 Å². The molecule has 4 aromatic rings. The molecule has 0 saturated heterocycles. The largest absolute Gasteiger partial charge is 0.492 e. The Morgan fingerprint density at radius 3 is 2.21 bits per heavy atom. The van der Waals surface area contributed by atoms with Crippen molar-refractivity contribution in [2.75, 3.05) is 31.6 Å². The number of carbonyl (C=O) groups is 2. The van der Waals surface area contributed by atoms with Gasteiger partial charge in [0.25, 0.3) is 0 Å². The molecule has 0 aliphatic carbocycles. The average molecular weight is 574 g/mol. The molecule has 1 aliphatic heterocycles. The highest BCUT2D eigenvalue weighted by Crippen LogP contribution is 2.44. The van der Waals surface area contributed by atoms with Gasteiger partial charge in [-0.15, -0.1) is 0 Å². The Balaban J connectivity index is 0.000000266. The summed E-state index contributed by atoms with van der Waals surface area (Å²) in [5.74, 6) is 0.0273. The standard InChI is InChI=1S/C22H22N2O3.C8H11NO.C4H10O/c1-13-4-6-15(7-5-13)20-17(11-19(26)27)14(2)21-22-18(20)10-16(12-25)24(22)9-8-23(21)3;9-6-7-10-8-4-2-1-3-5-8;1-4(2,3)5/h4-7,10,12H,8-9,11H2,1-3H3,(H,26,27);1-5H,6-7,9H2;5H,1-3H3. The highest BCUT2D eigenvalue weighted by atomic mass is 16.5. The molecule has 1 aliphatic rings. The van der Waals surface area contributed by atoms with Crippen LogP contribution < -0.4 is 15.4 Å². The van der Waals surface area contributed by atoms with Gasteiger partial charge in [-0.3, -0.25) is 9.59 Å². The first kappa shape index (κ1) is 32.4. The fraction of sp³-hybridized carbons (Fsp3) is 0.353. The number of anilines is 1. The lowest BCUT2D eigenvalue weighted by Crippen LogP contribution is -2.29. The number of nitrogens with two attached hydrogens (primary N) is 1. The van der Waals surface area contributed by atoms with Gasteiger partial charge in [0.1, 0.15) is 12.4 Å². The summed E-state index contributed by atoms with van der Waals surface area (Å²) in [4.78, 5) is 25.5. The van der Waals surface area contributed by atoms with Crippen molar-refractivity contribution < 1.29 is 24.5 Å². The number of nitrogens with zero attached hydrogens (tertiary/aromatic N) is 2. The lowest BCUT2D eigenvalue weighted by molar-refractivity contribution is -0.136. The summed E-state index contributed by atoms with van der Waals surface area (Å²) in [6, 6.07) is 19.7. The summed E-state index contributed by atoms with van der Waals surface area (Å²) in [5.41, 5.74) is 12.3. The topological polar surface area (TPSA) is 118 Å². The van der Waals surface area contributed by atoms with E-state index in [2.05, 4.69) is 9.47 Å². The van der Waals surface area contributed by atoms with Crippen LogP contribution >= 0.6 is 0 Å². The van der Waals surface area contributed by atoms with Gasteiger partial charge in [-0.25, -0.2) is 0 Å². The highest BCUT2D eigenvalue weighted by molar-refractivity contribution is 6.09. The van der Waals surface area contributed by atoms with E-state index in [1.165, 1.54) is 0 Å². The third-order valence-electron chi connectivity index (χ3n) is 6.69. The second-order valence-electron chi connectivity index (χ2n) is 11.4. The molecule has 0 fully saturated rings. The number of likely N-dealkylation sites (N-methyl/N-ethyl adjacent to an activating group) is 1. The van der Waals surface area contributed by atoms with E-state index in [1.807, 2.05) is 81.6 Å². The molecule has 8 heteroatoms. The Kier molecular flexibility index (Phi) is 10.9. The second kappa shape index (κ2) is 14.2. The van der Waals surface area contributed by atoms with Crippen LogP contribution in [0.5, 0.6) is 5.75 Å². The third kappa shape index (κ3) is 8.21. The summed E-state index contributed by atoms with van der Waals surface area (Å²) >= 11 is 0. The van der Waals surface area contributed by atoms with Crippen LogP contribution in [0.3, 0.4) is 0 Å². The van der Waals surface area contributed by atoms with Gasteiger partial charge in [0, 0.05) is 32.1 Å². The fourth-order valence-electron chi connectivity index (χ4n) is 4.97. The van der Waals surface area contributed by atoms with Crippen LogP contribution in [0.2, 0.25) is 0 Å². The van der Waals surface area contributed by atoms with E-state index in [9.17, 15) is 14.7 Å². The first-order chi connectivity index (χ1) is 19.8. The molecule has 224 valence electrons. The Morgan fingerprint density at radius 2 is 1.67 bits per heavy atom. The molecule has 0 amide bonds. The molecule has 2 heterocycles. The third-order valence-corrected chi connectivity index (χ3v) is 6.69. The summed E-state index contributed by atoms with van der Waals surface area (Å²) in [7, 11) is 2.02. The maximum absolute atomic E-state index is 11.7. The van der Waals surface area contributed by atoms with Crippen LogP contribution in [-0.2, 0) is 17.8 Å². The van der Waals surface area contributed by atoms with Crippen LogP contribution in [-0.4, -0.2) is 59.4 Å². The predicted molar refractivity (Wildman–Crippen MR) is 170 cm³/mol. The number of aliphatic hydroxyl groups is 1. The molecule has 8 nitrogen and oxygen atoms in total. The molecule has 3 aromatic carbocycles. The number of hydrogen-bond acceptors (Lipinski definition) is 6. The predicted octanol–water partition coefficient (Wildman–Crippen LogP) is 5.62. The molecular weight excluding hydrogens is 530 g/mol. The van der Waals surface area contributed by atoms with Gasteiger partial charge in [0.15, 0.2) is 6.29 Å². The van der Waals surface area contributed by atoms with Crippen molar-refractivity contribution in [2.24, 2.45) is 5.73 Å². The number of benzene rings is 3. The number of carbonyl (C=O) groups excluding carboxylic acids is 1. The van der Waals surface area contributed by atoms with Crippen molar-refractivity contribution in [3.8, 4) is 16.9 Å². The number of rotatable bonds is 7. The Morgan fingerprint density at radius 1 is 1.05 bits per heavy atom. The summed E-state index contributed by atoms with van der Waals surface area (Å²) in [5, 5.41) is 19.0. The summed E-state index contributed by atoms with van der Waals surface area (Å²) in [6.07, 6.45) is 0.841. The minimum Gasteiger partial charge on any atom is -0.492 e. The zero-order valence-corrected chi connectivity index (χ0v) is 25.5. The Hall–Kier alpha value is -4.14.